The first-order valence-electron chi connectivity index (χ1n) is 6.28. The highest BCUT2D eigenvalue weighted by Gasteiger charge is 2.06. The Morgan fingerprint density at radius 2 is 1.55 bits per heavy atom. The molecule has 3 aromatic rings. The van der Waals surface area contributed by atoms with Gasteiger partial charge in [0.15, 0.2) is 0 Å². The maximum Gasteiger partial charge on any atom is 0.255 e. The zero-order chi connectivity index (χ0) is 13.9. The van der Waals surface area contributed by atoms with Crippen molar-refractivity contribution < 1.29 is 4.79 Å². The number of anilines is 1. The molecule has 0 radical (unpaired) electrons. The molecule has 0 saturated carbocycles. The van der Waals surface area contributed by atoms with Crippen molar-refractivity contribution in [3.63, 3.8) is 0 Å². The molecule has 1 amide bonds. The van der Waals surface area contributed by atoms with Crippen molar-refractivity contribution in [2.45, 2.75) is 0 Å². The fraction of sp³-hybridized carbons (Fsp3) is 0. The summed E-state index contributed by atoms with van der Waals surface area (Å²) < 4.78 is 0.958. The Hall–Kier alpha value is -2.13. The predicted molar refractivity (Wildman–Crippen MR) is 86.0 cm³/mol. The molecule has 2 nitrogen and oxygen atoms in total. The van der Waals surface area contributed by atoms with Gasteiger partial charge in [-0.1, -0.05) is 46.3 Å². The van der Waals surface area contributed by atoms with Gasteiger partial charge in [0.25, 0.3) is 5.91 Å². The minimum absolute atomic E-state index is 0.104. The van der Waals surface area contributed by atoms with Gasteiger partial charge in [-0.25, -0.2) is 0 Å². The van der Waals surface area contributed by atoms with Gasteiger partial charge >= 0.3 is 0 Å². The molecule has 3 rings (SSSR count). The molecule has 0 saturated heterocycles. The van der Waals surface area contributed by atoms with Crippen LogP contribution in [0.5, 0.6) is 0 Å². The number of halogens is 1. The lowest BCUT2D eigenvalue weighted by Crippen LogP contribution is -2.11. The first-order chi connectivity index (χ1) is 9.72. The Kier molecular flexibility index (Phi) is 3.52. The predicted octanol–water partition coefficient (Wildman–Crippen LogP) is 4.85. The summed E-state index contributed by atoms with van der Waals surface area (Å²) >= 11 is 3.36. The highest BCUT2D eigenvalue weighted by molar-refractivity contribution is 9.10. The topological polar surface area (TPSA) is 29.1 Å². The van der Waals surface area contributed by atoms with Gasteiger partial charge < -0.3 is 5.32 Å². The zero-order valence-corrected chi connectivity index (χ0v) is 12.2. The van der Waals surface area contributed by atoms with Crippen LogP contribution in [0, 0.1) is 0 Å². The number of amides is 1. The lowest BCUT2D eigenvalue weighted by molar-refractivity contribution is 0.102. The summed E-state index contributed by atoms with van der Waals surface area (Å²) in [4.78, 5) is 12.1. The number of fused-ring (bicyclic) bond motifs is 1. The van der Waals surface area contributed by atoms with E-state index in [0.717, 1.165) is 20.9 Å². The molecule has 0 spiro atoms. The van der Waals surface area contributed by atoms with E-state index in [9.17, 15) is 4.79 Å². The smallest absolute Gasteiger partial charge is 0.255 e. The molecule has 0 heterocycles. The van der Waals surface area contributed by atoms with Gasteiger partial charge in [0.1, 0.15) is 0 Å². The standard InChI is InChI=1S/C17H12BrNO/c18-15-8-5-13(6-9-15)17(20)19-16-10-7-12-3-1-2-4-14(12)11-16/h1-11H,(H,19,20). The molecular formula is C17H12BrNO. The van der Waals surface area contributed by atoms with Crippen molar-refractivity contribution in [2.24, 2.45) is 0 Å². The lowest BCUT2D eigenvalue weighted by atomic mass is 10.1. The molecule has 98 valence electrons. The van der Waals surface area contributed by atoms with Crippen LogP contribution in [0.3, 0.4) is 0 Å². The molecule has 1 N–H and O–H groups in total. The Morgan fingerprint density at radius 3 is 2.30 bits per heavy atom. The summed E-state index contributed by atoms with van der Waals surface area (Å²) in [5.74, 6) is -0.104. The Balaban J connectivity index is 1.85. The quantitative estimate of drug-likeness (QED) is 0.716. The highest BCUT2D eigenvalue weighted by Crippen LogP contribution is 2.19. The normalized spacial score (nSPS) is 10.4. The summed E-state index contributed by atoms with van der Waals surface area (Å²) in [6.45, 7) is 0. The van der Waals surface area contributed by atoms with Crippen molar-refractivity contribution in [3.05, 3.63) is 76.8 Å². The zero-order valence-electron chi connectivity index (χ0n) is 10.6. The third-order valence-electron chi connectivity index (χ3n) is 3.11. The highest BCUT2D eigenvalue weighted by atomic mass is 79.9. The first kappa shape index (κ1) is 12.9. The first-order valence-corrected chi connectivity index (χ1v) is 7.07. The summed E-state index contributed by atoms with van der Waals surface area (Å²) in [6, 6.07) is 21.3. The van der Waals surface area contributed by atoms with Crippen molar-refractivity contribution in [2.75, 3.05) is 5.32 Å². The van der Waals surface area contributed by atoms with Crippen LogP contribution in [-0.2, 0) is 0 Å². The van der Waals surface area contributed by atoms with Gasteiger partial charge in [-0.05, 0) is 47.2 Å². The molecule has 0 aliphatic rings. The Labute approximate surface area is 125 Å². The van der Waals surface area contributed by atoms with E-state index in [2.05, 4.69) is 27.3 Å². The number of carbonyl (C=O) groups is 1. The number of carbonyl (C=O) groups excluding carboxylic acids is 1. The van der Waals surface area contributed by atoms with Gasteiger partial charge in [0.05, 0.1) is 0 Å². The summed E-state index contributed by atoms with van der Waals surface area (Å²) in [5.41, 5.74) is 1.44. The van der Waals surface area contributed by atoms with Crippen LogP contribution in [0.2, 0.25) is 0 Å². The van der Waals surface area contributed by atoms with Crippen molar-refractivity contribution in [1.82, 2.24) is 0 Å². The van der Waals surface area contributed by atoms with Crippen LogP contribution in [0.1, 0.15) is 10.4 Å². The van der Waals surface area contributed by atoms with Crippen LogP contribution in [0.25, 0.3) is 10.8 Å². The average molecular weight is 326 g/mol. The number of benzene rings is 3. The van der Waals surface area contributed by atoms with Crippen LogP contribution in [0.15, 0.2) is 71.2 Å². The third-order valence-corrected chi connectivity index (χ3v) is 3.64. The van der Waals surface area contributed by atoms with Crippen molar-refractivity contribution in [1.29, 1.82) is 0 Å². The Morgan fingerprint density at radius 1 is 0.850 bits per heavy atom. The number of nitrogens with one attached hydrogen (secondary N) is 1. The lowest BCUT2D eigenvalue weighted by Gasteiger charge is -2.06. The number of hydrogen-bond acceptors (Lipinski definition) is 1. The summed E-state index contributed by atoms with van der Waals surface area (Å²) in [7, 11) is 0. The minimum atomic E-state index is -0.104. The van der Waals surface area contributed by atoms with Gasteiger partial charge in [-0.2, -0.15) is 0 Å². The van der Waals surface area contributed by atoms with Crippen LogP contribution in [-0.4, -0.2) is 5.91 Å². The second-order valence-electron chi connectivity index (χ2n) is 4.52. The molecule has 3 aromatic carbocycles. The van der Waals surface area contributed by atoms with Crippen LogP contribution in [0.4, 0.5) is 5.69 Å². The van der Waals surface area contributed by atoms with E-state index in [4.69, 9.17) is 0 Å². The fourth-order valence-electron chi connectivity index (χ4n) is 2.07. The Bertz CT molecular complexity index is 765. The van der Waals surface area contributed by atoms with E-state index >= 15 is 0 Å². The second kappa shape index (κ2) is 5.47. The van der Waals surface area contributed by atoms with Crippen molar-refractivity contribution >= 4 is 38.3 Å². The van der Waals surface area contributed by atoms with Gasteiger partial charge in [0.2, 0.25) is 0 Å². The van der Waals surface area contributed by atoms with E-state index in [1.807, 2.05) is 48.5 Å². The van der Waals surface area contributed by atoms with E-state index in [1.165, 1.54) is 0 Å². The number of rotatable bonds is 2. The maximum absolute atomic E-state index is 12.1. The molecule has 3 heteroatoms. The van der Waals surface area contributed by atoms with Crippen molar-refractivity contribution in [3.8, 4) is 0 Å². The van der Waals surface area contributed by atoms with E-state index in [0.29, 0.717) is 5.56 Å². The number of hydrogen-bond donors (Lipinski definition) is 1. The minimum Gasteiger partial charge on any atom is -0.322 e. The molecule has 0 fully saturated rings. The fourth-order valence-corrected chi connectivity index (χ4v) is 2.34. The van der Waals surface area contributed by atoms with Gasteiger partial charge in [0, 0.05) is 15.7 Å². The van der Waals surface area contributed by atoms with Crippen LogP contribution < -0.4 is 5.32 Å². The molecule has 0 bridgehead atoms. The molecule has 0 atom stereocenters. The van der Waals surface area contributed by atoms with Gasteiger partial charge in [-0.3, -0.25) is 4.79 Å². The molecular weight excluding hydrogens is 314 g/mol. The largest absolute Gasteiger partial charge is 0.322 e. The molecule has 0 unspecified atom stereocenters. The van der Waals surface area contributed by atoms with E-state index in [1.54, 1.807) is 12.1 Å². The molecule has 0 aliphatic heterocycles. The van der Waals surface area contributed by atoms with Crippen LogP contribution >= 0.6 is 15.9 Å². The average Bonchev–Trinajstić information content (AvgIpc) is 2.48. The van der Waals surface area contributed by atoms with Gasteiger partial charge in [-0.15, -0.1) is 0 Å². The van der Waals surface area contributed by atoms with E-state index in [-0.39, 0.29) is 5.91 Å². The maximum atomic E-state index is 12.1. The monoisotopic (exact) mass is 325 g/mol. The molecule has 0 aromatic heterocycles. The summed E-state index contributed by atoms with van der Waals surface area (Å²) in [5, 5.41) is 5.19. The third kappa shape index (κ3) is 2.73. The molecule has 20 heavy (non-hydrogen) atoms. The van der Waals surface area contributed by atoms with E-state index < -0.39 is 0 Å². The summed E-state index contributed by atoms with van der Waals surface area (Å²) in [6.07, 6.45) is 0. The second-order valence-corrected chi connectivity index (χ2v) is 5.44. The molecule has 0 aliphatic carbocycles. The SMILES string of the molecule is O=C(Nc1ccc2ccccc2c1)c1ccc(Br)cc1.